The third kappa shape index (κ3) is 3.32. The number of carbonyl (C=O) groups excluding carboxylic acids is 3. The van der Waals surface area contributed by atoms with Crippen molar-refractivity contribution in [2.75, 3.05) is 13.1 Å². The first-order chi connectivity index (χ1) is 11.7. The molecule has 1 aromatic carbocycles. The van der Waals surface area contributed by atoms with Gasteiger partial charge in [0.25, 0.3) is 11.8 Å². The van der Waals surface area contributed by atoms with Crippen LogP contribution in [0.2, 0.25) is 0 Å². The molecular formula is C18H17N3O3. The van der Waals surface area contributed by atoms with Crippen LogP contribution in [-0.4, -0.2) is 40.7 Å². The average Bonchev–Trinajstić information content (AvgIpc) is 2.85. The second-order valence-electron chi connectivity index (χ2n) is 5.50. The Morgan fingerprint density at radius 3 is 2.58 bits per heavy atom. The average molecular weight is 323 g/mol. The highest BCUT2D eigenvalue weighted by atomic mass is 16.2. The van der Waals surface area contributed by atoms with Gasteiger partial charge in [0, 0.05) is 25.7 Å². The molecule has 0 saturated heterocycles. The van der Waals surface area contributed by atoms with E-state index in [9.17, 15) is 14.4 Å². The molecule has 24 heavy (non-hydrogen) atoms. The second kappa shape index (κ2) is 7.04. The quantitative estimate of drug-likeness (QED) is 0.816. The molecule has 0 bridgehead atoms. The van der Waals surface area contributed by atoms with Crippen LogP contribution < -0.4 is 5.32 Å². The number of fused-ring (bicyclic) bond motifs is 1. The molecule has 0 saturated carbocycles. The second-order valence-corrected chi connectivity index (χ2v) is 5.50. The van der Waals surface area contributed by atoms with E-state index in [2.05, 4.69) is 10.3 Å². The van der Waals surface area contributed by atoms with Crippen LogP contribution >= 0.6 is 0 Å². The van der Waals surface area contributed by atoms with Crippen molar-refractivity contribution in [2.24, 2.45) is 0 Å². The van der Waals surface area contributed by atoms with Crippen molar-refractivity contribution in [3.63, 3.8) is 0 Å². The van der Waals surface area contributed by atoms with E-state index in [4.69, 9.17) is 0 Å². The van der Waals surface area contributed by atoms with E-state index in [-0.39, 0.29) is 30.5 Å². The summed E-state index contributed by atoms with van der Waals surface area (Å²) in [7, 11) is 0. The van der Waals surface area contributed by atoms with Crippen LogP contribution in [0.25, 0.3) is 0 Å². The lowest BCUT2D eigenvalue weighted by molar-refractivity contribution is -0.121. The third-order valence-electron chi connectivity index (χ3n) is 3.87. The molecule has 6 heteroatoms. The molecular weight excluding hydrogens is 306 g/mol. The van der Waals surface area contributed by atoms with Crippen molar-refractivity contribution in [3.8, 4) is 0 Å². The standard InChI is InChI=1S/C18H17N3O3/c22-15(19-11-8-13-5-2-1-3-6-13)9-12-21-17(23)14-7-4-10-20-16(14)18(21)24/h1-7,10H,8-9,11-12H2,(H,19,22). The number of nitrogens with one attached hydrogen (secondary N) is 1. The summed E-state index contributed by atoms with van der Waals surface area (Å²) >= 11 is 0. The van der Waals surface area contributed by atoms with Gasteiger partial charge in [-0.25, -0.2) is 0 Å². The Morgan fingerprint density at radius 2 is 1.83 bits per heavy atom. The predicted octanol–water partition coefficient (Wildman–Crippen LogP) is 1.43. The van der Waals surface area contributed by atoms with Crippen LogP contribution in [0.3, 0.4) is 0 Å². The Kier molecular flexibility index (Phi) is 4.65. The molecule has 0 radical (unpaired) electrons. The Labute approximate surface area is 139 Å². The van der Waals surface area contributed by atoms with E-state index in [1.54, 1.807) is 12.1 Å². The molecule has 0 atom stereocenters. The zero-order chi connectivity index (χ0) is 16.9. The molecule has 2 heterocycles. The maximum atomic E-state index is 12.2. The lowest BCUT2D eigenvalue weighted by Gasteiger charge is -2.13. The van der Waals surface area contributed by atoms with Gasteiger partial charge in [-0.15, -0.1) is 0 Å². The third-order valence-corrected chi connectivity index (χ3v) is 3.87. The van der Waals surface area contributed by atoms with Crippen molar-refractivity contribution in [3.05, 3.63) is 65.5 Å². The summed E-state index contributed by atoms with van der Waals surface area (Å²) in [6, 6.07) is 13.0. The molecule has 0 spiro atoms. The van der Waals surface area contributed by atoms with E-state index in [0.717, 1.165) is 16.9 Å². The Morgan fingerprint density at radius 1 is 1.04 bits per heavy atom. The number of pyridine rings is 1. The first kappa shape index (κ1) is 15.9. The number of nitrogens with zero attached hydrogens (tertiary/aromatic N) is 2. The normalized spacial score (nSPS) is 13.1. The summed E-state index contributed by atoms with van der Waals surface area (Å²) in [5.74, 6) is -1.01. The van der Waals surface area contributed by atoms with Gasteiger partial charge in [0.15, 0.2) is 0 Å². The SMILES string of the molecule is O=C(CCN1C(=O)c2cccnc2C1=O)NCCc1ccccc1. The van der Waals surface area contributed by atoms with Crippen LogP contribution in [0.15, 0.2) is 48.7 Å². The molecule has 122 valence electrons. The minimum Gasteiger partial charge on any atom is -0.356 e. The number of carbonyl (C=O) groups is 3. The number of hydrogen-bond donors (Lipinski definition) is 1. The lowest BCUT2D eigenvalue weighted by atomic mass is 10.1. The van der Waals surface area contributed by atoms with Crippen LogP contribution in [0, 0.1) is 0 Å². The molecule has 1 aliphatic heterocycles. The Hall–Kier alpha value is -3.02. The molecule has 0 unspecified atom stereocenters. The van der Waals surface area contributed by atoms with Gasteiger partial charge in [-0.1, -0.05) is 30.3 Å². The summed E-state index contributed by atoms with van der Waals surface area (Å²) < 4.78 is 0. The first-order valence-electron chi connectivity index (χ1n) is 7.78. The summed E-state index contributed by atoms with van der Waals surface area (Å²) in [5.41, 5.74) is 1.60. The highest BCUT2D eigenvalue weighted by Crippen LogP contribution is 2.20. The van der Waals surface area contributed by atoms with Crippen LogP contribution in [-0.2, 0) is 11.2 Å². The number of imide groups is 1. The minimum atomic E-state index is -0.437. The smallest absolute Gasteiger partial charge is 0.280 e. The van der Waals surface area contributed by atoms with Gasteiger partial charge >= 0.3 is 0 Å². The van der Waals surface area contributed by atoms with Gasteiger partial charge in [-0.2, -0.15) is 0 Å². The van der Waals surface area contributed by atoms with Gasteiger partial charge in [-0.3, -0.25) is 24.3 Å². The lowest BCUT2D eigenvalue weighted by Crippen LogP contribution is -2.35. The minimum absolute atomic E-state index is 0.0607. The van der Waals surface area contributed by atoms with Crippen LogP contribution in [0.4, 0.5) is 0 Å². The predicted molar refractivity (Wildman–Crippen MR) is 87.4 cm³/mol. The summed E-state index contributed by atoms with van der Waals surface area (Å²) in [6.45, 7) is 0.581. The van der Waals surface area contributed by atoms with Gasteiger partial charge in [0.1, 0.15) is 5.69 Å². The number of aromatic nitrogens is 1. The zero-order valence-corrected chi connectivity index (χ0v) is 13.1. The van der Waals surface area contributed by atoms with Crippen molar-refractivity contribution >= 4 is 17.7 Å². The molecule has 1 N–H and O–H groups in total. The summed E-state index contributed by atoms with van der Waals surface area (Å²) in [6.07, 6.45) is 2.30. The Bertz CT molecular complexity index is 739. The van der Waals surface area contributed by atoms with Crippen molar-refractivity contribution in [1.82, 2.24) is 15.2 Å². The van der Waals surface area contributed by atoms with E-state index in [0.29, 0.717) is 12.1 Å². The molecule has 6 nitrogen and oxygen atoms in total. The van der Waals surface area contributed by atoms with Crippen LogP contribution in [0.5, 0.6) is 0 Å². The topological polar surface area (TPSA) is 79.4 Å². The fraction of sp³-hybridized carbons (Fsp3) is 0.222. The maximum Gasteiger partial charge on any atom is 0.280 e. The molecule has 3 amide bonds. The van der Waals surface area contributed by atoms with E-state index in [1.807, 2.05) is 30.3 Å². The molecule has 3 rings (SSSR count). The monoisotopic (exact) mass is 323 g/mol. The van der Waals surface area contributed by atoms with Gasteiger partial charge < -0.3 is 5.32 Å². The number of benzene rings is 1. The van der Waals surface area contributed by atoms with E-state index >= 15 is 0 Å². The van der Waals surface area contributed by atoms with E-state index in [1.165, 1.54) is 6.20 Å². The Balaban J connectivity index is 1.47. The van der Waals surface area contributed by atoms with Crippen molar-refractivity contribution in [1.29, 1.82) is 0 Å². The van der Waals surface area contributed by atoms with Gasteiger partial charge in [0.2, 0.25) is 5.91 Å². The largest absolute Gasteiger partial charge is 0.356 e. The van der Waals surface area contributed by atoms with Crippen LogP contribution in [0.1, 0.15) is 32.8 Å². The highest BCUT2D eigenvalue weighted by Gasteiger charge is 2.36. The number of amides is 3. The molecule has 1 aromatic heterocycles. The number of hydrogen-bond acceptors (Lipinski definition) is 4. The van der Waals surface area contributed by atoms with E-state index < -0.39 is 5.91 Å². The maximum absolute atomic E-state index is 12.2. The highest BCUT2D eigenvalue weighted by molar-refractivity contribution is 6.20. The van der Waals surface area contributed by atoms with Crippen molar-refractivity contribution < 1.29 is 14.4 Å². The first-order valence-corrected chi connectivity index (χ1v) is 7.78. The summed E-state index contributed by atoms with van der Waals surface area (Å²) in [4.78, 5) is 41.2. The zero-order valence-electron chi connectivity index (χ0n) is 13.1. The van der Waals surface area contributed by atoms with Gasteiger partial charge in [-0.05, 0) is 24.1 Å². The fourth-order valence-electron chi connectivity index (χ4n) is 2.61. The molecule has 2 aromatic rings. The fourth-order valence-corrected chi connectivity index (χ4v) is 2.61. The van der Waals surface area contributed by atoms with Gasteiger partial charge in [0.05, 0.1) is 5.56 Å². The molecule has 0 aliphatic carbocycles. The summed E-state index contributed by atoms with van der Waals surface area (Å²) in [5, 5.41) is 2.80. The van der Waals surface area contributed by atoms with Crippen molar-refractivity contribution in [2.45, 2.75) is 12.8 Å². The number of rotatable bonds is 6. The molecule has 1 aliphatic rings. The molecule has 0 fully saturated rings.